The fraction of sp³-hybridized carbons (Fsp3) is 0.609. The second-order valence-electron chi connectivity index (χ2n) is 8.28. The van der Waals surface area contributed by atoms with Gasteiger partial charge in [0, 0.05) is 58.0 Å². The third-order valence-electron chi connectivity index (χ3n) is 5.59. The fourth-order valence-corrected chi connectivity index (χ4v) is 4.02. The largest absolute Gasteiger partial charge is 0.379 e. The highest BCUT2D eigenvalue weighted by molar-refractivity contribution is 5.79. The van der Waals surface area contributed by atoms with Crippen LogP contribution in [-0.2, 0) is 11.3 Å². The number of anilines is 1. The molecule has 1 unspecified atom stereocenters. The molecule has 1 saturated heterocycles. The smallest absolute Gasteiger partial charge is 0.191 e. The molecule has 6 nitrogen and oxygen atoms in total. The van der Waals surface area contributed by atoms with Crippen LogP contribution in [0.1, 0.15) is 25.8 Å². The molecule has 0 radical (unpaired) electrons. The van der Waals surface area contributed by atoms with E-state index in [2.05, 4.69) is 75.7 Å². The lowest BCUT2D eigenvalue weighted by molar-refractivity contribution is 0.0132. The summed E-state index contributed by atoms with van der Waals surface area (Å²) >= 11 is 0. The Labute approximate surface area is 176 Å². The van der Waals surface area contributed by atoms with Gasteiger partial charge in [-0.05, 0) is 30.0 Å². The molecule has 1 fully saturated rings. The van der Waals surface area contributed by atoms with Crippen molar-refractivity contribution in [1.82, 2.24) is 15.5 Å². The predicted molar refractivity (Wildman–Crippen MR) is 122 cm³/mol. The van der Waals surface area contributed by atoms with Gasteiger partial charge in [-0.25, -0.2) is 0 Å². The van der Waals surface area contributed by atoms with Crippen LogP contribution in [0.5, 0.6) is 0 Å². The molecule has 2 aliphatic heterocycles. The van der Waals surface area contributed by atoms with E-state index in [1.165, 1.54) is 17.7 Å². The number of morpholine rings is 1. The molecule has 1 atom stereocenters. The highest BCUT2D eigenvalue weighted by Gasteiger charge is 2.22. The number of ether oxygens (including phenoxy) is 1. The van der Waals surface area contributed by atoms with Gasteiger partial charge in [-0.1, -0.05) is 38.1 Å². The molecule has 0 aromatic heterocycles. The maximum Gasteiger partial charge on any atom is 0.191 e. The zero-order valence-corrected chi connectivity index (χ0v) is 18.2. The summed E-state index contributed by atoms with van der Waals surface area (Å²) in [7, 11) is 1.84. The first-order valence-electron chi connectivity index (χ1n) is 10.9. The topological polar surface area (TPSA) is 52.1 Å². The lowest BCUT2D eigenvalue weighted by atomic mass is 10.0. The van der Waals surface area contributed by atoms with Crippen LogP contribution in [0.15, 0.2) is 41.4 Å². The minimum absolute atomic E-state index is 0.503. The van der Waals surface area contributed by atoms with Gasteiger partial charge in [0.05, 0.1) is 13.2 Å². The maximum absolute atomic E-state index is 5.53. The van der Waals surface area contributed by atoms with Crippen molar-refractivity contribution in [2.75, 3.05) is 57.9 Å². The first kappa shape index (κ1) is 21.7. The summed E-state index contributed by atoms with van der Waals surface area (Å²) in [6.07, 6.45) is 5.62. The highest BCUT2D eigenvalue weighted by Crippen LogP contribution is 2.18. The minimum Gasteiger partial charge on any atom is -0.379 e. The number of hydrogen-bond acceptors (Lipinski definition) is 4. The first-order valence-corrected chi connectivity index (χ1v) is 10.9. The van der Waals surface area contributed by atoms with E-state index in [-0.39, 0.29) is 0 Å². The molecular weight excluding hydrogens is 362 g/mol. The Morgan fingerprint density at radius 3 is 2.59 bits per heavy atom. The van der Waals surface area contributed by atoms with Gasteiger partial charge in [0.25, 0.3) is 0 Å². The van der Waals surface area contributed by atoms with Gasteiger partial charge in [0.15, 0.2) is 5.96 Å². The molecule has 29 heavy (non-hydrogen) atoms. The van der Waals surface area contributed by atoms with Crippen LogP contribution < -0.4 is 15.5 Å². The van der Waals surface area contributed by atoms with Crippen molar-refractivity contribution in [3.8, 4) is 0 Å². The molecule has 0 saturated carbocycles. The third-order valence-corrected chi connectivity index (χ3v) is 5.59. The third kappa shape index (κ3) is 6.75. The Morgan fingerprint density at radius 1 is 1.14 bits per heavy atom. The summed E-state index contributed by atoms with van der Waals surface area (Å²) in [5, 5.41) is 7.02. The van der Waals surface area contributed by atoms with Crippen LogP contribution in [0.25, 0.3) is 0 Å². The number of nitrogens with zero attached hydrogens (tertiary/aromatic N) is 3. The number of benzene rings is 1. The SMILES string of the molecule is CN=C(NCc1cccc(N2CC=CC2)c1)NCC(CC(C)C)N1CCOCC1. The molecule has 6 heteroatoms. The summed E-state index contributed by atoms with van der Waals surface area (Å²) in [5.74, 6) is 1.53. The van der Waals surface area contributed by atoms with Crippen molar-refractivity contribution in [2.45, 2.75) is 32.9 Å². The molecule has 3 rings (SSSR count). The van der Waals surface area contributed by atoms with E-state index in [0.29, 0.717) is 12.0 Å². The quantitative estimate of drug-likeness (QED) is 0.400. The number of hydrogen-bond donors (Lipinski definition) is 2. The molecule has 160 valence electrons. The Hall–Kier alpha value is -2.05. The molecule has 1 aromatic rings. The van der Waals surface area contributed by atoms with Crippen molar-refractivity contribution < 1.29 is 4.74 Å². The Morgan fingerprint density at radius 2 is 1.90 bits per heavy atom. The second-order valence-corrected chi connectivity index (χ2v) is 8.28. The van der Waals surface area contributed by atoms with E-state index in [0.717, 1.165) is 58.4 Å². The van der Waals surface area contributed by atoms with E-state index in [9.17, 15) is 0 Å². The summed E-state index contributed by atoms with van der Waals surface area (Å²) in [6.45, 7) is 12.0. The van der Waals surface area contributed by atoms with E-state index in [1.54, 1.807) is 0 Å². The van der Waals surface area contributed by atoms with Crippen LogP contribution in [0.3, 0.4) is 0 Å². The highest BCUT2D eigenvalue weighted by atomic mass is 16.5. The lowest BCUT2D eigenvalue weighted by Crippen LogP contribution is -2.50. The Kier molecular flexibility index (Phi) is 8.38. The summed E-state index contributed by atoms with van der Waals surface area (Å²) in [4.78, 5) is 9.35. The summed E-state index contributed by atoms with van der Waals surface area (Å²) < 4.78 is 5.53. The van der Waals surface area contributed by atoms with Crippen LogP contribution in [0.4, 0.5) is 5.69 Å². The number of aliphatic imine (C=N–C) groups is 1. The van der Waals surface area contributed by atoms with E-state index in [1.807, 2.05) is 7.05 Å². The average molecular weight is 400 g/mol. The van der Waals surface area contributed by atoms with E-state index < -0.39 is 0 Å². The molecule has 0 amide bonds. The zero-order valence-electron chi connectivity index (χ0n) is 18.2. The number of guanidine groups is 1. The van der Waals surface area contributed by atoms with E-state index in [4.69, 9.17) is 4.74 Å². The molecule has 0 aliphatic carbocycles. The number of nitrogens with one attached hydrogen (secondary N) is 2. The van der Waals surface area contributed by atoms with Crippen LogP contribution in [0.2, 0.25) is 0 Å². The zero-order chi connectivity index (χ0) is 20.5. The summed E-state index contributed by atoms with van der Waals surface area (Å²) in [5.41, 5.74) is 2.55. The van der Waals surface area contributed by atoms with Gasteiger partial charge < -0.3 is 20.3 Å². The lowest BCUT2D eigenvalue weighted by Gasteiger charge is -2.35. The van der Waals surface area contributed by atoms with Gasteiger partial charge in [-0.2, -0.15) is 0 Å². The Bertz CT molecular complexity index is 674. The maximum atomic E-state index is 5.53. The van der Waals surface area contributed by atoms with Gasteiger partial charge in [-0.3, -0.25) is 9.89 Å². The van der Waals surface area contributed by atoms with Gasteiger partial charge in [0.1, 0.15) is 0 Å². The van der Waals surface area contributed by atoms with Crippen molar-refractivity contribution in [1.29, 1.82) is 0 Å². The summed E-state index contributed by atoms with van der Waals surface area (Å²) in [6, 6.07) is 9.26. The first-order chi connectivity index (χ1) is 14.2. The normalized spacial score (nSPS) is 19.0. The monoisotopic (exact) mass is 399 g/mol. The molecule has 1 aromatic carbocycles. The van der Waals surface area contributed by atoms with E-state index >= 15 is 0 Å². The molecule has 0 spiro atoms. The van der Waals surface area contributed by atoms with Gasteiger partial charge in [0.2, 0.25) is 0 Å². The van der Waals surface area contributed by atoms with Gasteiger partial charge >= 0.3 is 0 Å². The van der Waals surface area contributed by atoms with Crippen molar-refractivity contribution in [3.05, 3.63) is 42.0 Å². The molecule has 0 bridgehead atoms. The van der Waals surface area contributed by atoms with Crippen molar-refractivity contribution in [3.63, 3.8) is 0 Å². The number of rotatable bonds is 8. The standard InChI is InChI=1S/C23H37N5O/c1-19(2)15-22(28-11-13-29-14-12-28)18-26-23(24-3)25-17-20-7-6-8-21(16-20)27-9-4-5-10-27/h4-8,16,19,22H,9-15,17-18H2,1-3H3,(H2,24,25,26). The molecular formula is C23H37N5O. The molecule has 2 aliphatic rings. The van der Waals surface area contributed by atoms with Gasteiger partial charge in [-0.15, -0.1) is 0 Å². The van der Waals surface area contributed by atoms with Crippen LogP contribution >= 0.6 is 0 Å². The second kappa shape index (κ2) is 11.2. The predicted octanol–water partition coefficient (Wildman–Crippen LogP) is 2.47. The van der Waals surface area contributed by atoms with Crippen LogP contribution in [-0.4, -0.2) is 69.9 Å². The van der Waals surface area contributed by atoms with Crippen LogP contribution in [0, 0.1) is 5.92 Å². The van der Waals surface area contributed by atoms with Crippen molar-refractivity contribution in [2.24, 2.45) is 10.9 Å². The minimum atomic E-state index is 0.503. The Balaban J connectivity index is 1.51. The fourth-order valence-electron chi connectivity index (χ4n) is 4.02. The van der Waals surface area contributed by atoms with Crippen molar-refractivity contribution >= 4 is 11.6 Å². The average Bonchev–Trinajstić information content (AvgIpc) is 3.28. The molecule has 2 N–H and O–H groups in total. The molecule has 2 heterocycles.